The Morgan fingerprint density at radius 3 is 2.58 bits per heavy atom. The Labute approximate surface area is 190 Å². The van der Waals surface area contributed by atoms with E-state index >= 15 is 4.39 Å². The highest BCUT2D eigenvalue weighted by molar-refractivity contribution is 6.30. The molecule has 1 N–H and O–H groups in total. The van der Waals surface area contributed by atoms with Crippen molar-refractivity contribution in [2.24, 2.45) is 0 Å². The zero-order valence-electron chi connectivity index (χ0n) is 17.3. The van der Waals surface area contributed by atoms with Crippen molar-refractivity contribution in [1.29, 1.82) is 0 Å². The first-order valence-electron chi connectivity index (χ1n) is 9.42. The average molecular weight is 485 g/mol. The summed E-state index contributed by atoms with van der Waals surface area (Å²) < 4.78 is 37.0. The fourth-order valence-corrected chi connectivity index (χ4v) is 3.52. The predicted octanol–water partition coefficient (Wildman–Crippen LogP) is 0.891. The maximum absolute atomic E-state index is 16.0. The summed E-state index contributed by atoms with van der Waals surface area (Å²) in [5.41, 5.74) is -4.21. The van der Waals surface area contributed by atoms with Crippen molar-refractivity contribution in [2.45, 2.75) is 31.5 Å². The van der Waals surface area contributed by atoms with Gasteiger partial charge in [-0.15, -0.1) is 0 Å². The molecule has 0 saturated carbocycles. The first-order valence-corrected chi connectivity index (χ1v) is 9.79. The summed E-state index contributed by atoms with van der Waals surface area (Å²) in [6.45, 7) is 0.00465. The lowest BCUT2D eigenvalue weighted by Crippen LogP contribution is -2.59. The Hall–Kier alpha value is -3.51. The third-order valence-corrected chi connectivity index (χ3v) is 4.85. The molecular formula is C20H18ClFN2O9. The molecule has 0 unspecified atom stereocenters. The summed E-state index contributed by atoms with van der Waals surface area (Å²) in [6.07, 6.45) is -1.17. The SMILES string of the molecule is CC(=O)O[C@@H]1[C@@](F)(COC(=O)c2cccc(Cl)c2)OC[C@@]1(OC(C)=O)n1ccc(=O)[nH]c1=O. The third kappa shape index (κ3) is 4.96. The van der Waals surface area contributed by atoms with Crippen LogP contribution < -0.4 is 11.2 Å². The third-order valence-electron chi connectivity index (χ3n) is 4.62. The molecule has 1 aliphatic heterocycles. The molecule has 0 aliphatic carbocycles. The van der Waals surface area contributed by atoms with Crippen LogP contribution in [0.1, 0.15) is 24.2 Å². The van der Waals surface area contributed by atoms with E-state index in [4.69, 9.17) is 30.5 Å². The Bertz CT molecular complexity index is 1210. The number of hydrogen-bond acceptors (Lipinski definition) is 9. The van der Waals surface area contributed by atoms with Crippen LogP contribution in [0, 0.1) is 0 Å². The number of rotatable bonds is 6. The zero-order chi connectivity index (χ0) is 24.4. The Kier molecular flexibility index (Phi) is 6.70. The molecular weight excluding hydrogens is 467 g/mol. The zero-order valence-corrected chi connectivity index (χ0v) is 18.1. The van der Waals surface area contributed by atoms with Crippen LogP contribution in [-0.4, -0.2) is 52.6 Å². The molecule has 0 bridgehead atoms. The van der Waals surface area contributed by atoms with E-state index in [2.05, 4.69) is 0 Å². The fourth-order valence-electron chi connectivity index (χ4n) is 3.33. The second kappa shape index (κ2) is 9.16. The molecule has 1 aromatic carbocycles. The number of nitrogens with zero attached hydrogens (tertiary/aromatic N) is 1. The van der Waals surface area contributed by atoms with Crippen LogP contribution in [0.2, 0.25) is 5.02 Å². The van der Waals surface area contributed by atoms with Crippen LogP contribution in [0.3, 0.4) is 0 Å². The van der Waals surface area contributed by atoms with Crippen LogP contribution in [0.4, 0.5) is 4.39 Å². The lowest BCUT2D eigenvalue weighted by Gasteiger charge is -2.35. The smallest absolute Gasteiger partial charge is 0.338 e. The quantitative estimate of drug-likeness (QED) is 0.467. The summed E-state index contributed by atoms with van der Waals surface area (Å²) in [6, 6.07) is 6.57. The van der Waals surface area contributed by atoms with Gasteiger partial charge in [0.2, 0.25) is 6.10 Å². The average Bonchev–Trinajstić information content (AvgIpc) is 2.98. The Balaban J connectivity index is 2.00. The highest BCUT2D eigenvalue weighted by atomic mass is 35.5. The monoisotopic (exact) mass is 484 g/mol. The number of halogens is 2. The van der Waals surface area contributed by atoms with Crippen molar-refractivity contribution in [3.63, 3.8) is 0 Å². The number of esters is 3. The minimum absolute atomic E-state index is 0.0104. The number of nitrogens with one attached hydrogen (secondary N) is 1. The molecule has 2 heterocycles. The molecule has 0 radical (unpaired) electrons. The minimum Gasteiger partial charge on any atom is -0.456 e. The van der Waals surface area contributed by atoms with Crippen molar-refractivity contribution < 1.29 is 37.7 Å². The number of carbonyl (C=O) groups is 3. The number of aromatic amines is 1. The number of hydrogen-bond donors (Lipinski definition) is 1. The van der Waals surface area contributed by atoms with Crippen molar-refractivity contribution in [2.75, 3.05) is 13.2 Å². The number of H-pyrrole nitrogens is 1. The van der Waals surface area contributed by atoms with Crippen molar-refractivity contribution in [3.8, 4) is 0 Å². The van der Waals surface area contributed by atoms with Gasteiger partial charge < -0.3 is 18.9 Å². The van der Waals surface area contributed by atoms with Crippen molar-refractivity contribution in [1.82, 2.24) is 9.55 Å². The van der Waals surface area contributed by atoms with Crippen LogP contribution in [-0.2, 0) is 34.3 Å². The van der Waals surface area contributed by atoms with E-state index in [1.54, 1.807) is 0 Å². The number of benzene rings is 1. The van der Waals surface area contributed by atoms with Crippen LogP contribution in [0.15, 0.2) is 46.1 Å². The fraction of sp³-hybridized carbons (Fsp3) is 0.350. The van der Waals surface area contributed by atoms with Gasteiger partial charge in [-0.2, -0.15) is 0 Å². The molecule has 2 aromatic rings. The van der Waals surface area contributed by atoms with Crippen LogP contribution >= 0.6 is 11.6 Å². The summed E-state index contributed by atoms with van der Waals surface area (Å²) in [5.74, 6) is -5.99. The highest BCUT2D eigenvalue weighted by Gasteiger charge is 2.67. The van der Waals surface area contributed by atoms with Gasteiger partial charge >= 0.3 is 23.6 Å². The normalized spacial score (nSPS) is 24.2. The summed E-state index contributed by atoms with van der Waals surface area (Å²) in [5, 5.41) is 0.237. The number of alkyl halides is 1. The molecule has 0 spiro atoms. The van der Waals surface area contributed by atoms with Gasteiger partial charge in [-0.25, -0.2) is 14.0 Å². The van der Waals surface area contributed by atoms with E-state index < -0.39 is 60.1 Å². The van der Waals surface area contributed by atoms with Crippen molar-refractivity contribution >= 4 is 29.5 Å². The molecule has 13 heteroatoms. The van der Waals surface area contributed by atoms with Gasteiger partial charge in [-0.3, -0.25) is 23.9 Å². The second-order valence-electron chi connectivity index (χ2n) is 7.07. The molecule has 1 fully saturated rings. The van der Waals surface area contributed by atoms with E-state index in [-0.39, 0.29) is 10.6 Å². The Morgan fingerprint density at radius 1 is 1.24 bits per heavy atom. The summed E-state index contributed by atoms with van der Waals surface area (Å²) in [7, 11) is 0. The van der Waals surface area contributed by atoms with Crippen molar-refractivity contribution in [3.05, 3.63) is 68.0 Å². The molecule has 3 atom stereocenters. The largest absolute Gasteiger partial charge is 0.456 e. The molecule has 11 nitrogen and oxygen atoms in total. The van der Waals surface area contributed by atoms with E-state index in [0.29, 0.717) is 4.57 Å². The maximum Gasteiger partial charge on any atom is 0.338 e. The van der Waals surface area contributed by atoms with Gasteiger partial charge in [0.25, 0.3) is 17.1 Å². The van der Waals surface area contributed by atoms with Gasteiger partial charge in [-0.05, 0) is 18.2 Å². The molecule has 176 valence electrons. The second-order valence-corrected chi connectivity index (χ2v) is 7.51. The molecule has 33 heavy (non-hydrogen) atoms. The molecule has 3 rings (SSSR count). The van der Waals surface area contributed by atoms with Gasteiger partial charge in [0, 0.05) is 31.1 Å². The first-order chi connectivity index (χ1) is 15.5. The molecule has 0 amide bonds. The van der Waals surface area contributed by atoms with Gasteiger partial charge in [0.1, 0.15) is 6.61 Å². The standard InChI is InChI=1S/C20H18ClFN2O9/c1-11(25)32-17-19(22,9-30-16(28)13-4-3-5-14(21)8-13)31-10-20(17,33-12(2)26)24-7-6-15(27)23-18(24)29/h3-8,17H,9-10H2,1-2H3,(H,23,27,29)/t17-,19-,20+/m1/s1. The predicted molar refractivity (Wildman–Crippen MR) is 108 cm³/mol. The molecule has 1 aliphatic rings. The lowest BCUT2D eigenvalue weighted by atomic mass is 10.0. The number of aromatic nitrogens is 2. The molecule has 1 saturated heterocycles. The Morgan fingerprint density at radius 2 is 1.97 bits per heavy atom. The topological polar surface area (TPSA) is 143 Å². The van der Waals surface area contributed by atoms with Crippen LogP contribution in [0.5, 0.6) is 0 Å². The highest BCUT2D eigenvalue weighted by Crippen LogP contribution is 2.43. The van der Waals surface area contributed by atoms with E-state index in [1.807, 2.05) is 4.98 Å². The number of ether oxygens (including phenoxy) is 4. The maximum atomic E-state index is 16.0. The van der Waals surface area contributed by atoms with Gasteiger partial charge in [0.15, 0.2) is 6.61 Å². The van der Waals surface area contributed by atoms with Gasteiger partial charge in [0.05, 0.1) is 5.56 Å². The van der Waals surface area contributed by atoms with Gasteiger partial charge in [-0.1, -0.05) is 17.7 Å². The lowest BCUT2D eigenvalue weighted by molar-refractivity contribution is -0.223. The molecule has 1 aromatic heterocycles. The van der Waals surface area contributed by atoms with Crippen LogP contribution in [0.25, 0.3) is 0 Å². The number of carbonyl (C=O) groups excluding carboxylic acids is 3. The first kappa shape index (κ1) is 24.1. The summed E-state index contributed by atoms with van der Waals surface area (Å²) in [4.78, 5) is 61.8. The summed E-state index contributed by atoms with van der Waals surface area (Å²) >= 11 is 5.83. The van der Waals surface area contributed by atoms with E-state index in [1.165, 1.54) is 24.3 Å². The van der Waals surface area contributed by atoms with E-state index in [0.717, 1.165) is 26.1 Å². The minimum atomic E-state index is -3.04. The van der Waals surface area contributed by atoms with E-state index in [9.17, 15) is 24.0 Å².